The van der Waals surface area contributed by atoms with Crippen LogP contribution >= 0.6 is 0 Å². The van der Waals surface area contributed by atoms with E-state index in [1.807, 2.05) is 0 Å². The molecule has 18 heavy (non-hydrogen) atoms. The Bertz CT molecular complexity index is 440. The Balaban J connectivity index is 2.61. The molecule has 0 spiro atoms. The molecule has 2 amide bonds. The van der Waals surface area contributed by atoms with Crippen molar-refractivity contribution in [3.8, 4) is 0 Å². The van der Waals surface area contributed by atoms with Gasteiger partial charge in [0.2, 0.25) is 0 Å². The molecule has 0 aliphatic carbocycles. The third-order valence-corrected chi connectivity index (χ3v) is 2.06. The molecule has 1 unspecified atom stereocenters. The summed E-state index contributed by atoms with van der Waals surface area (Å²) in [5.74, 6) is -2.27. The summed E-state index contributed by atoms with van der Waals surface area (Å²) < 4.78 is 13.0. The maximum Gasteiger partial charge on any atom is 0.313 e. The van der Waals surface area contributed by atoms with Gasteiger partial charge in [-0.2, -0.15) is 0 Å². The Morgan fingerprint density at radius 2 is 2.00 bits per heavy atom. The third-order valence-electron chi connectivity index (χ3n) is 2.06. The lowest BCUT2D eigenvalue weighted by molar-refractivity contribution is -0.136. The van der Waals surface area contributed by atoms with Crippen molar-refractivity contribution >= 4 is 17.5 Å². The van der Waals surface area contributed by atoms with Crippen LogP contribution < -0.4 is 10.6 Å². The highest BCUT2D eigenvalue weighted by molar-refractivity contribution is 6.39. The van der Waals surface area contributed by atoms with Gasteiger partial charge in [-0.25, -0.2) is 4.39 Å². The number of aliphatic hydroxyl groups excluding tert-OH is 1. The molecular formula is C12H15FN2O3. The molecule has 0 bridgehead atoms. The highest BCUT2D eigenvalue weighted by Gasteiger charge is 2.14. The minimum Gasteiger partial charge on any atom is -0.392 e. The van der Waals surface area contributed by atoms with E-state index in [9.17, 15) is 14.0 Å². The highest BCUT2D eigenvalue weighted by Crippen LogP contribution is 2.12. The lowest BCUT2D eigenvalue weighted by Crippen LogP contribution is -2.38. The van der Waals surface area contributed by atoms with Crippen LogP contribution in [0.4, 0.5) is 10.1 Å². The van der Waals surface area contributed by atoms with Crippen LogP contribution in [-0.4, -0.2) is 29.6 Å². The summed E-state index contributed by atoms with van der Waals surface area (Å²) >= 11 is 0. The van der Waals surface area contributed by atoms with Crippen molar-refractivity contribution < 1.29 is 19.1 Å². The number of hydrogen-bond acceptors (Lipinski definition) is 3. The molecule has 5 nitrogen and oxygen atoms in total. The van der Waals surface area contributed by atoms with Crippen LogP contribution in [0.2, 0.25) is 0 Å². The van der Waals surface area contributed by atoms with Crippen molar-refractivity contribution in [3.63, 3.8) is 0 Å². The first kappa shape index (κ1) is 14.1. The maximum atomic E-state index is 13.0. The number of aryl methyl sites for hydroxylation is 1. The molecule has 0 saturated heterocycles. The zero-order valence-corrected chi connectivity index (χ0v) is 10.2. The summed E-state index contributed by atoms with van der Waals surface area (Å²) in [5.41, 5.74) is 0.847. The molecule has 1 aromatic rings. The SMILES string of the molecule is Cc1cc(F)cc(NC(=O)C(=O)NCC(C)O)c1. The van der Waals surface area contributed by atoms with Crippen LogP contribution in [0.3, 0.4) is 0 Å². The number of halogens is 1. The summed E-state index contributed by atoms with van der Waals surface area (Å²) in [6, 6.07) is 3.97. The van der Waals surface area contributed by atoms with Gasteiger partial charge >= 0.3 is 11.8 Å². The second-order valence-electron chi connectivity index (χ2n) is 4.03. The number of hydrogen-bond donors (Lipinski definition) is 3. The molecule has 1 aromatic carbocycles. The lowest BCUT2D eigenvalue weighted by atomic mass is 10.2. The molecule has 0 aromatic heterocycles. The van der Waals surface area contributed by atoms with Gasteiger partial charge in [0.25, 0.3) is 0 Å². The Morgan fingerprint density at radius 3 is 2.56 bits per heavy atom. The summed E-state index contributed by atoms with van der Waals surface area (Å²) in [7, 11) is 0. The van der Waals surface area contributed by atoms with Gasteiger partial charge in [-0.15, -0.1) is 0 Å². The maximum absolute atomic E-state index is 13.0. The number of anilines is 1. The molecule has 0 aliphatic heterocycles. The predicted molar refractivity (Wildman–Crippen MR) is 64.5 cm³/mol. The van der Waals surface area contributed by atoms with Gasteiger partial charge in [0, 0.05) is 12.2 Å². The highest BCUT2D eigenvalue weighted by atomic mass is 19.1. The first-order chi connectivity index (χ1) is 8.38. The molecule has 0 radical (unpaired) electrons. The van der Waals surface area contributed by atoms with Crippen LogP contribution in [0, 0.1) is 12.7 Å². The first-order valence-electron chi connectivity index (χ1n) is 5.43. The van der Waals surface area contributed by atoms with Gasteiger partial charge in [0.15, 0.2) is 0 Å². The Morgan fingerprint density at radius 1 is 1.33 bits per heavy atom. The van der Waals surface area contributed by atoms with Gasteiger partial charge in [-0.05, 0) is 37.6 Å². The minimum atomic E-state index is -0.902. The van der Waals surface area contributed by atoms with Crippen LogP contribution in [0.15, 0.2) is 18.2 Å². The fourth-order valence-corrected chi connectivity index (χ4v) is 1.32. The van der Waals surface area contributed by atoms with Crippen molar-refractivity contribution in [2.45, 2.75) is 20.0 Å². The van der Waals surface area contributed by atoms with Crippen LogP contribution in [-0.2, 0) is 9.59 Å². The van der Waals surface area contributed by atoms with E-state index in [-0.39, 0.29) is 12.2 Å². The van der Waals surface area contributed by atoms with E-state index < -0.39 is 23.7 Å². The summed E-state index contributed by atoms with van der Waals surface area (Å²) in [6.07, 6.45) is -0.738. The fraction of sp³-hybridized carbons (Fsp3) is 0.333. The second kappa shape index (κ2) is 6.11. The van der Waals surface area contributed by atoms with Crippen molar-refractivity contribution in [2.75, 3.05) is 11.9 Å². The average molecular weight is 254 g/mol. The number of benzene rings is 1. The summed E-state index contributed by atoms with van der Waals surface area (Å²) in [5, 5.41) is 13.5. The van der Waals surface area contributed by atoms with Crippen molar-refractivity contribution in [1.29, 1.82) is 0 Å². The fourth-order valence-electron chi connectivity index (χ4n) is 1.32. The molecule has 0 saturated carbocycles. The zero-order valence-electron chi connectivity index (χ0n) is 10.2. The smallest absolute Gasteiger partial charge is 0.313 e. The second-order valence-corrected chi connectivity index (χ2v) is 4.03. The van der Waals surface area contributed by atoms with Gasteiger partial charge in [-0.1, -0.05) is 0 Å². The Kier molecular flexibility index (Phi) is 4.79. The zero-order chi connectivity index (χ0) is 13.7. The summed E-state index contributed by atoms with van der Waals surface area (Å²) in [4.78, 5) is 22.7. The monoisotopic (exact) mass is 254 g/mol. The molecule has 6 heteroatoms. The number of rotatable bonds is 3. The number of aliphatic hydroxyl groups is 1. The molecule has 0 heterocycles. The van der Waals surface area contributed by atoms with Crippen molar-refractivity contribution in [2.24, 2.45) is 0 Å². The topological polar surface area (TPSA) is 78.4 Å². The number of amides is 2. The van der Waals surface area contributed by atoms with Gasteiger partial charge in [-0.3, -0.25) is 9.59 Å². The van der Waals surface area contributed by atoms with Crippen molar-refractivity contribution in [1.82, 2.24) is 5.32 Å². The van der Waals surface area contributed by atoms with E-state index in [0.29, 0.717) is 5.56 Å². The van der Waals surface area contributed by atoms with Crippen LogP contribution in [0.1, 0.15) is 12.5 Å². The number of carbonyl (C=O) groups excluding carboxylic acids is 2. The molecule has 0 aliphatic rings. The normalized spacial score (nSPS) is 11.8. The molecular weight excluding hydrogens is 239 g/mol. The molecule has 1 atom stereocenters. The predicted octanol–water partition coefficient (Wildman–Crippen LogP) is 0.570. The van der Waals surface area contributed by atoms with Gasteiger partial charge in [0.1, 0.15) is 5.82 Å². The van der Waals surface area contributed by atoms with E-state index in [4.69, 9.17) is 5.11 Å². The van der Waals surface area contributed by atoms with Crippen LogP contribution in [0.25, 0.3) is 0 Å². The molecule has 3 N–H and O–H groups in total. The lowest BCUT2D eigenvalue weighted by Gasteiger charge is -2.08. The first-order valence-corrected chi connectivity index (χ1v) is 5.43. The third kappa shape index (κ3) is 4.50. The summed E-state index contributed by atoms with van der Waals surface area (Å²) in [6.45, 7) is 3.13. The van der Waals surface area contributed by atoms with E-state index in [2.05, 4.69) is 10.6 Å². The van der Waals surface area contributed by atoms with E-state index >= 15 is 0 Å². The molecule has 98 valence electrons. The number of nitrogens with one attached hydrogen (secondary N) is 2. The van der Waals surface area contributed by atoms with Crippen LogP contribution in [0.5, 0.6) is 0 Å². The van der Waals surface area contributed by atoms with Gasteiger partial charge < -0.3 is 15.7 Å². The van der Waals surface area contributed by atoms with Crippen molar-refractivity contribution in [3.05, 3.63) is 29.6 Å². The van der Waals surface area contributed by atoms with E-state index in [1.54, 1.807) is 13.0 Å². The largest absolute Gasteiger partial charge is 0.392 e. The number of carbonyl (C=O) groups is 2. The standard InChI is InChI=1S/C12H15FN2O3/c1-7-3-9(13)5-10(4-7)15-12(18)11(17)14-6-8(2)16/h3-5,8,16H,6H2,1-2H3,(H,14,17)(H,15,18). The molecule has 0 fully saturated rings. The Labute approximate surface area is 104 Å². The minimum absolute atomic E-state index is 0.0194. The van der Waals surface area contributed by atoms with E-state index in [1.165, 1.54) is 13.0 Å². The van der Waals surface area contributed by atoms with Gasteiger partial charge in [0.05, 0.1) is 6.10 Å². The Hall–Kier alpha value is -1.95. The van der Waals surface area contributed by atoms with E-state index in [0.717, 1.165) is 6.07 Å². The quantitative estimate of drug-likeness (QED) is 0.690. The molecule has 1 rings (SSSR count). The average Bonchev–Trinajstić information content (AvgIpc) is 2.24.